The van der Waals surface area contributed by atoms with Gasteiger partial charge < -0.3 is 25.0 Å². The largest absolute Gasteiger partial charge is 0.468 e. The van der Waals surface area contributed by atoms with Crippen molar-refractivity contribution in [3.8, 4) is 0 Å². The number of carbonyl (C=O) groups excluding carboxylic acids is 4. The molecule has 2 unspecified atom stereocenters. The highest BCUT2D eigenvalue weighted by Crippen LogP contribution is 2.27. The summed E-state index contributed by atoms with van der Waals surface area (Å²) in [6, 6.07) is 3.21. The summed E-state index contributed by atoms with van der Waals surface area (Å²) in [5.74, 6) is -0.928. The number of rotatable bonds is 11. The van der Waals surface area contributed by atoms with Crippen molar-refractivity contribution >= 4 is 35.6 Å². The summed E-state index contributed by atoms with van der Waals surface area (Å²) in [5.41, 5.74) is 1.87. The maximum Gasteiger partial charge on any atom is 0.408 e. The number of methoxy groups -OCH3 is 1. The standard InChI is InChI=1S/C26H41N3O6S/c1-16(2)29(24(32)20(12-13-36-9)28-25(33)35-26(5,6)7)22(23(31)27-15-21(30)34-8)19-11-10-17(3)18(4)14-19/h10-11,14,16,20,22H,12-13,15H2,1-9H3,(H,27,31)(H,28,33). The highest BCUT2D eigenvalue weighted by Gasteiger charge is 2.37. The lowest BCUT2D eigenvalue weighted by Gasteiger charge is -2.37. The van der Waals surface area contributed by atoms with Crippen molar-refractivity contribution in [2.75, 3.05) is 25.7 Å². The van der Waals surface area contributed by atoms with E-state index >= 15 is 0 Å². The monoisotopic (exact) mass is 523 g/mol. The second-order valence-electron chi connectivity index (χ2n) is 9.86. The van der Waals surface area contributed by atoms with E-state index in [4.69, 9.17) is 4.74 Å². The molecule has 0 aliphatic carbocycles. The molecule has 202 valence electrons. The number of alkyl carbamates (subject to hydrolysis) is 1. The molecule has 1 aromatic rings. The molecule has 36 heavy (non-hydrogen) atoms. The van der Waals surface area contributed by atoms with E-state index in [9.17, 15) is 19.2 Å². The second-order valence-corrected chi connectivity index (χ2v) is 10.8. The Hall–Kier alpha value is -2.75. The number of nitrogens with one attached hydrogen (secondary N) is 2. The number of amides is 3. The maximum absolute atomic E-state index is 13.9. The second kappa shape index (κ2) is 14.1. The minimum Gasteiger partial charge on any atom is -0.468 e. The first-order valence-electron chi connectivity index (χ1n) is 11.9. The van der Waals surface area contributed by atoms with Gasteiger partial charge in [0, 0.05) is 6.04 Å². The normalized spacial score (nSPS) is 12.9. The zero-order valence-electron chi connectivity index (χ0n) is 22.9. The van der Waals surface area contributed by atoms with E-state index in [1.165, 1.54) is 12.0 Å². The molecule has 0 aliphatic rings. The lowest BCUT2D eigenvalue weighted by atomic mass is 9.97. The van der Waals surface area contributed by atoms with Crippen LogP contribution in [0.15, 0.2) is 18.2 Å². The Kier molecular flexibility index (Phi) is 12.3. The van der Waals surface area contributed by atoms with E-state index in [1.807, 2.05) is 32.2 Å². The molecule has 0 spiro atoms. The zero-order chi connectivity index (χ0) is 27.6. The molecule has 1 rings (SSSR count). The molecule has 0 radical (unpaired) electrons. The van der Waals surface area contributed by atoms with Gasteiger partial charge in [-0.1, -0.05) is 18.2 Å². The molecule has 0 saturated heterocycles. The summed E-state index contributed by atoms with van der Waals surface area (Å²) in [6.07, 6.45) is 1.56. The molecule has 1 aromatic carbocycles. The molecule has 0 saturated carbocycles. The van der Waals surface area contributed by atoms with Gasteiger partial charge in [-0.3, -0.25) is 14.4 Å². The van der Waals surface area contributed by atoms with Gasteiger partial charge in [0.25, 0.3) is 0 Å². The number of carbonyl (C=O) groups is 4. The SMILES string of the molecule is COC(=O)CNC(=O)C(c1ccc(C)c(C)c1)N(C(=O)C(CCSC)NC(=O)OC(C)(C)C)C(C)C. The van der Waals surface area contributed by atoms with Crippen LogP contribution in [-0.2, 0) is 23.9 Å². The van der Waals surface area contributed by atoms with Gasteiger partial charge in [-0.25, -0.2) is 4.79 Å². The van der Waals surface area contributed by atoms with E-state index in [0.717, 1.165) is 11.1 Å². The molecule has 2 N–H and O–H groups in total. The third-order valence-corrected chi connectivity index (χ3v) is 6.06. The van der Waals surface area contributed by atoms with Crippen molar-refractivity contribution < 1.29 is 28.7 Å². The number of thioether (sulfide) groups is 1. The molecular weight excluding hydrogens is 482 g/mol. The lowest BCUT2D eigenvalue weighted by Crippen LogP contribution is -2.55. The average Bonchev–Trinajstić information content (AvgIpc) is 2.78. The predicted octanol–water partition coefficient (Wildman–Crippen LogP) is 3.52. The number of aryl methyl sites for hydroxylation is 2. The Bertz CT molecular complexity index is 929. The van der Waals surface area contributed by atoms with Crippen LogP contribution >= 0.6 is 11.8 Å². The molecule has 0 aromatic heterocycles. The number of benzene rings is 1. The smallest absolute Gasteiger partial charge is 0.408 e. The van der Waals surface area contributed by atoms with E-state index in [1.54, 1.807) is 52.4 Å². The van der Waals surface area contributed by atoms with Crippen molar-refractivity contribution in [1.29, 1.82) is 0 Å². The van der Waals surface area contributed by atoms with E-state index in [-0.39, 0.29) is 6.54 Å². The van der Waals surface area contributed by atoms with Crippen LogP contribution in [0.25, 0.3) is 0 Å². The summed E-state index contributed by atoms with van der Waals surface area (Å²) >= 11 is 1.54. The van der Waals surface area contributed by atoms with Gasteiger partial charge in [0.15, 0.2) is 0 Å². The first-order chi connectivity index (χ1) is 16.7. The first-order valence-corrected chi connectivity index (χ1v) is 13.3. The molecule has 0 heterocycles. The van der Waals surface area contributed by atoms with Crippen LogP contribution in [0.2, 0.25) is 0 Å². The number of nitrogens with zero attached hydrogens (tertiary/aromatic N) is 1. The molecule has 3 amide bonds. The van der Waals surface area contributed by atoms with Crippen LogP contribution in [-0.4, -0.2) is 72.1 Å². The number of hydrogen-bond donors (Lipinski definition) is 2. The average molecular weight is 524 g/mol. The van der Waals surface area contributed by atoms with E-state index < -0.39 is 47.6 Å². The fourth-order valence-corrected chi connectivity index (χ4v) is 3.98. The number of esters is 1. The Balaban J connectivity index is 3.47. The maximum atomic E-state index is 13.9. The van der Waals surface area contributed by atoms with Crippen LogP contribution in [0.4, 0.5) is 4.79 Å². The Labute approximate surface area is 219 Å². The number of hydrogen-bond acceptors (Lipinski definition) is 7. The highest BCUT2D eigenvalue weighted by molar-refractivity contribution is 7.98. The molecule has 0 aliphatic heterocycles. The zero-order valence-corrected chi connectivity index (χ0v) is 23.7. The topological polar surface area (TPSA) is 114 Å². The fraction of sp³-hybridized carbons (Fsp3) is 0.615. The summed E-state index contributed by atoms with van der Waals surface area (Å²) < 4.78 is 10.0. The van der Waals surface area contributed by atoms with Crippen molar-refractivity contribution in [2.24, 2.45) is 0 Å². The van der Waals surface area contributed by atoms with Crippen molar-refractivity contribution in [2.45, 2.75) is 78.6 Å². The molecule has 0 bridgehead atoms. The predicted molar refractivity (Wildman–Crippen MR) is 142 cm³/mol. The van der Waals surface area contributed by atoms with Gasteiger partial charge in [0.05, 0.1) is 7.11 Å². The molecule has 0 fully saturated rings. The summed E-state index contributed by atoms with van der Waals surface area (Å²) in [7, 11) is 1.23. The minimum absolute atomic E-state index is 0.330. The fourth-order valence-electron chi connectivity index (χ4n) is 3.50. The molecule has 2 atom stereocenters. The van der Waals surface area contributed by atoms with Gasteiger partial charge in [-0.05, 0) is 83.6 Å². The van der Waals surface area contributed by atoms with Gasteiger partial charge in [0.2, 0.25) is 11.8 Å². The Morgan fingerprint density at radius 1 is 1.08 bits per heavy atom. The molecule has 10 heteroatoms. The van der Waals surface area contributed by atoms with Crippen LogP contribution in [0.1, 0.15) is 63.8 Å². The van der Waals surface area contributed by atoms with Crippen LogP contribution < -0.4 is 10.6 Å². The Morgan fingerprint density at radius 2 is 1.72 bits per heavy atom. The van der Waals surface area contributed by atoms with Crippen molar-refractivity contribution in [3.63, 3.8) is 0 Å². The van der Waals surface area contributed by atoms with Crippen LogP contribution in [0, 0.1) is 13.8 Å². The van der Waals surface area contributed by atoms with Gasteiger partial charge in [-0.2, -0.15) is 11.8 Å². The summed E-state index contributed by atoms with van der Waals surface area (Å²) in [4.78, 5) is 53.1. The van der Waals surface area contributed by atoms with E-state index in [0.29, 0.717) is 17.7 Å². The number of ether oxygens (including phenoxy) is 2. The third kappa shape index (κ3) is 9.72. The van der Waals surface area contributed by atoms with Crippen molar-refractivity contribution in [1.82, 2.24) is 15.5 Å². The summed E-state index contributed by atoms with van der Waals surface area (Å²) in [5, 5.41) is 5.28. The lowest BCUT2D eigenvalue weighted by molar-refractivity contribution is -0.146. The quantitative estimate of drug-likeness (QED) is 0.427. The Morgan fingerprint density at radius 3 is 2.22 bits per heavy atom. The minimum atomic E-state index is -1.03. The molecule has 9 nitrogen and oxygen atoms in total. The van der Waals surface area contributed by atoms with Crippen LogP contribution in [0.3, 0.4) is 0 Å². The van der Waals surface area contributed by atoms with Gasteiger partial charge in [0.1, 0.15) is 24.2 Å². The third-order valence-electron chi connectivity index (χ3n) is 5.42. The van der Waals surface area contributed by atoms with Gasteiger partial charge >= 0.3 is 12.1 Å². The summed E-state index contributed by atoms with van der Waals surface area (Å²) in [6.45, 7) is 12.4. The van der Waals surface area contributed by atoms with Crippen molar-refractivity contribution in [3.05, 3.63) is 34.9 Å². The highest BCUT2D eigenvalue weighted by atomic mass is 32.2. The van der Waals surface area contributed by atoms with Gasteiger partial charge in [-0.15, -0.1) is 0 Å². The first kappa shape index (κ1) is 31.3. The van der Waals surface area contributed by atoms with E-state index in [2.05, 4.69) is 15.4 Å². The molecular formula is C26H41N3O6S. The van der Waals surface area contributed by atoms with Crippen LogP contribution in [0.5, 0.6) is 0 Å².